The topological polar surface area (TPSA) is 92.9 Å². The smallest absolute Gasteiger partial charge is 0.335 e. The van der Waals surface area contributed by atoms with Gasteiger partial charge in [-0.1, -0.05) is 0 Å². The Morgan fingerprint density at radius 3 is 2.30 bits per heavy atom. The molecule has 0 radical (unpaired) electrons. The van der Waals surface area contributed by atoms with E-state index in [9.17, 15) is 9.59 Å². The monoisotopic (exact) mass is 374 g/mol. The van der Waals surface area contributed by atoms with Crippen LogP contribution in [0.4, 0.5) is 0 Å². The highest BCUT2D eigenvalue weighted by atomic mass is 16.5. The number of nitrogens with two attached hydrogens (primary N) is 1. The highest BCUT2D eigenvalue weighted by Crippen LogP contribution is 2.32. The van der Waals surface area contributed by atoms with E-state index in [-0.39, 0.29) is 23.4 Å². The molecule has 27 heavy (non-hydrogen) atoms. The van der Waals surface area contributed by atoms with E-state index in [0.29, 0.717) is 24.3 Å². The van der Waals surface area contributed by atoms with Crippen molar-refractivity contribution in [1.29, 1.82) is 0 Å². The minimum absolute atomic E-state index is 0.0953. The molecule has 0 bridgehead atoms. The highest BCUT2D eigenvalue weighted by molar-refractivity contribution is 5.87. The van der Waals surface area contributed by atoms with E-state index in [1.807, 2.05) is 11.9 Å². The second-order valence-corrected chi connectivity index (χ2v) is 7.98. The molecule has 1 aromatic rings. The molecule has 2 aliphatic carbocycles. The Bertz CT molecular complexity index is 649. The molecule has 0 heterocycles. The number of ether oxygens (including phenoxy) is 1. The molecule has 2 aliphatic rings. The van der Waals surface area contributed by atoms with E-state index in [1.165, 1.54) is 6.42 Å². The molecule has 0 aromatic heterocycles. The van der Waals surface area contributed by atoms with Gasteiger partial charge in [-0.2, -0.15) is 0 Å². The molecule has 0 unspecified atom stereocenters. The van der Waals surface area contributed by atoms with Crippen molar-refractivity contribution in [1.82, 2.24) is 4.90 Å². The number of hydrogen-bond acceptors (Lipinski definition) is 4. The zero-order valence-electron chi connectivity index (χ0n) is 16.0. The van der Waals surface area contributed by atoms with Crippen LogP contribution in [0.1, 0.15) is 55.3 Å². The number of carbonyl (C=O) groups is 2. The lowest BCUT2D eigenvalue weighted by molar-refractivity contribution is -0.136. The second kappa shape index (κ2) is 8.74. The van der Waals surface area contributed by atoms with Crippen LogP contribution in [-0.4, -0.2) is 47.6 Å². The lowest BCUT2D eigenvalue weighted by Crippen LogP contribution is -2.52. The summed E-state index contributed by atoms with van der Waals surface area (Å²) in [6.45, 7) is 0.615. The van der Waals surface area contributed by atoms with Gasteiger partial charge in [0.15, 0.2) is 0 Å². The molecule has 2 fully saturated rings. The van der Waals surface area contributed by atoms with Gasteiger partial charge in [0.05, 0.1) is 18.2 Å². The van der Waals surface area contributed by atoms with E-state index >= 15 is 0 Å². The van der Waals surface area contributed by atoms with Crippen molar-refractivity contribution in [3.8, 4) is 5.75 Å². The third-order valence-corrected chi connectivity index (χ3v) is 6.24. The van der Waals surface area contributed by atoms with Gasteiger partial charge in [-0.3, -0.25) is 4.79 Å². The summed E-state index contributed by atoms with van der Waals surface area (Å²) in [5.41, 5.74) is 6.55. The highest BCUT2D eigenvalue weighted by Gasteiger charge is 2.34. The standard InChI is InChI=1S/C21H30N2O4/c1-23(17-3-2-4-17)20(24)19(22)15-7-5-14(6-8-15)13-27-18-11-9-16(10-12-18)21(25)26/h9-12,14-15,17,19H,2-8,13,22H2,1H3,(H,25,26)/t14?,15?,19-/m0/s1. The molecule has 0 aliphatic heterocycles. The number of likely N-dealkylation sites (N-methyl/N-ethyl adjacent to an activating group) is 1. The first-order chi connectivity index (χ1) is 13.0. The van der Waals surface area contributed by atoms with Gasteiger partial charge in [0.2, 0.25) is 5.91 Å². The first kappa shape index (κ1) is 19.7. The van der Waals surface area contributed by atoms with Gasteiger partial charge in [0.25, 0.3) is 0 Å². The summed E-state index contributed by atoms with van der Waals surface area (Å²) in [5.74, 6) is 0.556. The number of carboxylic acids is 1. The minimum Gasteiger partial charge on any atom is -0.493 e. The Kier molecular flexibility index (Phi) is 6.37. The van der Waals surface area contributed by atoms with Gasteiger partial charge < -0.3 is 20.5 Å². The molecular formula is C21H30N2O4. The molecule has 1 atom stereocenters. The fourth-order valence-electron chi connectivity index (χ4n) is 4.01. The largest absolute Gasteiger partial charge is 0.493 e. The van der Waals surface area contributed by atoms with Crippen LogP contribution in [0.5, 0.6) is 5.75 Å². The number of aromatic carboxylic acids is 1. The first-order valence-electron chi connectivity index (χ1n) is 9.94. The van der Waals surface area contributed by atoms with Crippen LogP contribution in [0, 0.1) is 11.8 Å². The number of amides is 1. The lowest BCUT2D eigenvalue weighted by atomic mass is 9.78. The van der Waals surface area contributed by atoms with E-state index in [4.69, 9.17) is 15.6 Å². The van der Waals surface area contributed by atoms with Crippen molar-refractivity contribution in [3.63, 3.8) is 0 Å². The molecule has 3 rings (SSSR count). The molecule has 0 saturated heterocycles. The molecule has 2 saturated carbocycles. The van der Waals surface area contributed by atoms with Crippen molar-refractivity contribution in [2.24, 2.45) is 17.6 Å². The number of carbonyl (C=O) groups excluding carboxylic acids is 1. The lowest BCUT2D eigenvalue weighted by Gasteiger charge is -2.38. The summed E-state index contributed by atoms with van der Waals surface area (Å²) < 4.78 is 5.82. The summed E-state index contributed by atoms with van der Waals surface area (Å²) >= 11 is 0. The number of hydrogen-bond donors (Lipinski definition) is 2. The van der Waals surface area contributed by atoms with Crippen LogP contribution in [0.15, 0.2) is 24.3 Å². The SMILES string of the molecule is CN(C(=O)[C@@H](N)C1CCC(COc2ccc(C(=O)O)cc2)CC1)C1CCC1. The van der Waals surface area contributed by atoms with Crippen LogP contribution < -0.4 is 10.5 Å². The maximum atomic E-state index is 12.6. The van der Waals surface area contributed by atoms with Crippen molar-refractivity contribution in [2.75, 3.05) is 13.7 Å². The Morgan fingerprint density at radius 1 is 1.15 bits per heavy atom. The average Bonchev–Trinajstić information content (AvgIpc) is 2.64. The molecule has 1 amide bonds. The third-order valence-electron chi connectivity index (χ3n) is 6.24. The van der Waals surface area contributed by atoms with Crippen molar-refractivity contribution in [3.05, 3.63) is 29.8 Å². The number of nitrogens with zero attached hydrogens (tertiary/aromatic N) is 1. The van der Waals surface area contributed by atoms with Crippen LogP contribution in [0.25, 0.3) is 0 Å². The molecule has 0 spiro atoms. The second-order valence-electron chi connectivity index (χ2n) is 7.98. The molecular weight excluding hydrogens is 344 g/mol. The van der Waals surface area contributed by atoms with E-state index < -0.39 is 5.97 Å². The number of carboxylic acid groups (broad SMARTS) is 1. The van der Waals surface area contributed by atoms with Gasteiger partial charge in [0.1, 0.15) is 5.75 Å². The summed E-state index contributed by atoms with van der Waals surface area (Å²) in [6, 6.07) is 6.50. The first-order valence-corrected chi connectivity index (χ1v) is 9.94. The van der Waals surface area contributed by atoms with Crippen molar-refractivity contribution in [2.45, 2.75) is 57.0 Å². The van der Waals surface area contributed by atoms with Crippen LogP contribution in [0.3, 0.4) is 0 Å². The summed E-state index contributed by atoms with van der Waals surface area (Å²) in [4.78, 5) is 25.3. The summed E-state index contributed by atoms with van der Waals surface area (Å²) in [6.07, 6.45) is 7.34. The maximum Gasteiger partial charge on any atom is 0.335 e. The van der Waals surface area contributed by atoms with Crippen molar-refractivity contribution < 1.29 is 19.4 Å². The van der Waals surface area contributed by atoms with Gasteiger partial charge in [-0.05, 0) is 81.0 Å². The Labute approximate surface area is 160 Å². The minimum atomic E-state index is -0.936. The van der Waals surface area contributed by atoms with Gasteiger partial charge in [-0.25, -0.2) is 4.79 Å². The maximum absolute atomic E-state index is 12.6. The normalized spacial score (nSPS) is 23.9. The summed E-state index contributed by atoms with van der Waals surface area (Å²) in [5, 5.41) is 8.92. The van der Waals surface area contributed by atoms with Gasteiger partial charge >= 0.3 is 5.97 Å². The zero-order chi connectivity index (χ0) is 19.4. The molecule has 6 nitrogen and oxygen atoms in total. The molecule has 3 N–H and O–H groups in total. The predicted octanol–water partition coefficient (Wildman–Crippen LogP) is 2.91. The molecule has 6 heteroatoms. The van der Waals surface area contributed by atoms with Crippen molar-refractivity contribution >= 4 is 11.9 Å². The Morgan fingerprint density at radius 2 is 1.78 bits per heavy atom. The number of rotatable bonds is 7. The van der Waals surface area contributed by atoms with Gasteiger partial charge in [-0.15, -0.1) is 0 Å². The van der Waals surface area contributed by atoms with Crippen LogP contribution in [0.2, 0.25) is 0 Å². The summed E-state index contributed by atoms with van der Waals surface area (Å²) in [7, 11) is 1.89. The zero-order valence-corrected chi connectivity index (χ0v) is 16.0. The Balaban J connectivity index is 1.41. The van der Waals surface area contributed by atoms with Crippen LogP contribution >= 0.6 is 0 Å². The predicted molar refractivity (Wildman–Crippen MR) is 103 cm³/mol. The van der Waals surface area contributed by atoms with E-state index in [0.717, 1.165) is 38.5 Å². The fraction of sp³-hybridized carbons (Fsp3) is 0.619. The van der Waals surface area contributed by atoms with Crippen LogP contribution in [-0.2, 0) is 4.79 Å². The Hall–Kier alpha value is -2.08. The molecule has 1 aromatic carbocycles. The average molecular weight is 374 g/mol. The number of benzene rings is 1. The van der Waals surface area contributed by atoms with Gasteiger partial charge in [0, 0.05) is 13.1 Å². The molecule has 148 valence electrons. The van der Waals surface area contributed by atoms with E-state index in [2.05, 4.69) is 0 Å². The fourth-order valence-corrected chi connectivity index (χ4v) is 4.01. The van der Waals surface area contributed by atoms with E-state index in [1.54, 1.807) is 24.3 Å². The third kappa shape index (κ3) is 4.80. The quantitative estimate of drug-likeness (QED) is 0.765.